The maximum atomic E-state index is 14.5. The van der Waals surface area contributed by atoms with Crippen LogP contribution in [0.5, 0.6) is 0 Å². The van der Waals surface area contributed by atoms with E-state index in [1.54, 1.807) is 0 Å². The van der Waals surface area contributed by atoms with Crippen molar-refractivity contribution in [2.24, 2.45) is 0 Å². The molecular formula is C20H17F2N5O2. The zero-order chi connectivity index (χ0) is 21.0. The highest BCUT2D eigenvalue weighted by Gasteiger charge is 2.40. The first kappa shape index (κ1) is 20.1. The second-order valence-corrected chi connectivity index (χ2v) is 6.53. The van der Waals surface area contributed by atoms with Crippen molar-refractivity contribution in [2.75, 3.05) is 0 Å². The van der Waals surface area contributed by atoms with E-state index >= 15 is 0 Å². The Kier molecular flexibility index (Phi) is 5.66. The molecule has 7 nitrogen and oxygen atoms in total. The van der Waals surface area contributed by atoms with Crippen molar-refractivity contribution < 1.29 is 18.7 Å². The summed E-state index contributed by atoms with van der Waals surface area (Å²) in [4.78, 5) is 16.4. The van der Waals surface area contributed by atoms with E-state index in [2.05, 4.69) is 15.4 Å². The van der Waals surface area contributed by atoms with E-state index in [0.717, 1.165) is 12.1 Å². The standard InChI is InChI=1S/C20H17F2N5O2/c1-13(26-19(28)15-4-2-14(9-23)3-5-15)20(29,10-27-12-24-11-25-27)17-7-6-16(21)8-18(17)22/h2-8,11-13,29H,10H2,1H3,(H,26,28). The van der Waals surface area contributed by atoms with Crippen LogP contribution in [0.3, 0.4) is 0 Å². The van der Waals surface area contributed by atoms with Crippen LogP contribution in [0.4, 0.5) is 8.78 Å². The van der Waals surface area contributed by atoms with Gasteiger partial charge < -0.3 is 10.4 Å². The van der Waals surface area contributed by atoms with E-state index in [1.165, 1.54) is 48.5 Å². The number of hydrogen-bond donors (Lipinski definition) is 2. The molecule has 0 saturated carbocycles. The average molecular weight is 397 g/mol. The van der Waals surface area contributed by atoms with Gasteiger partial charge in [-0.05, 0) is 37.3 Å². The fraction of sp³-hybridized carbons (Fsp3) is 0.200. The third-order valence-corrected chi connectivity index (χ3v) is 4.61. The highest BCUT2D eigenvalue weighted by molar-refractivity contribution is 5.94. The lowest BCUT2D eigenvalue weighted by Gasteiger charge is -2.35. The number of aliphatic hydroxyl groups is 1. The first-order valence-electron chi connectivity index (χ1n) is 8.65. The van der Waals surface area contributed by atoms with E-state index < -0.39 is 29.2 Å². The maximum absolute atomic E-state index is 14.5. The summed E-state index contributed by atoms with van der Waals surface area (Å²) in [6.45, 7) is 1.27. The lowest BCUT2D eigenvalue weighted by molar-refractivity contribution is -0.0186. The molecule has 0 aliphatic carbocycles. The van der Waals surface area contributed by atoms with Crippen molar-refractivity contribution in [2.45, 2.75) is 25.1 Å². The number of carbonyl (C=O) groups is 1. The molecule has 3 aromatic rings. The molecule has 0 bridgehead atoms. The van der Waals surface area contributed by atoms with Gasteiger partial charge in [-0.2, -0.15) is 10.4 Å². The third kappa shape index (κ3) is 4.28. The fourth-order valence-corrected chi connectivity index (χ4v) is 2.95. The Labute approximate surface area is 165 Å². The molecule has 1 amide bonds. The van der Waals surface area contributed by atoms with Crippen LogP contribution in [0.15, 0.2) is 55.1 Å². The Balaban J connectivity index is 1.92. The minimum atomic E-state index is -1.95. The number of nitriles is 1. The molecule has 2 atom stereocenters. The van der Waals surface area contributed by atoms with Crippen LogP contribution in [0.25, 0.3) is 0 Å². The van der Waals surface area contributed by atoms with Gasteiger partial charge in [-0.1, -0.05) is 6.07 Å². The number of carbonyl (C=O) groups excluding carboxylic acids is 1. The van der Waals surface area contributed by atoms with Gasteiger partial charge in [0.05, 0.1) is 24.2 Å². The first-order chi connectivity index (χ1) is 13.8. The topological polar surface area (TPSA) is 104 Å². The molecular weight excluding hydrogens is 380 g/mol. The molecule has 2 unspecified atom stereocenters. The van der Waals surface area contributed by atoms with Crippen molar-refractivity contribution in [1.82, 2.24) is 20.1 Å². The summed E-state index contributed by atoms with van der Waals surface area (Å²) in [6.07, 6.45) is 2.59. The molecule has 0 aliphatic rings. The van der Waals surface area contributed by atoms with Crippen LogP contribution in [0.2, 0.25) is 0 Å². The van der Waals surface area contributed by atoms with Crippen molar-refractivity contribution in [3.05, 3.63) is 83.4 Å². The van der Waals surface area contributed by atoms with Gasteiger partial charge in [0.25, 0.3) is 5.91 Å². The molecule has 2 aromatic carbocycles. The Morgan fingerprint density at radius 2 is 2.03 bits per heavy atom. The SMILES string of the molecule is CC(NC(=O)c1ccc(C#N)cc1)C(O)(Cn1cncn1)c1ccc(F)cc1F. The smallest absolute Gasteiger partial charge is 0.251 e. The number of aromatic nitrogens is 3. The van der Waals surface area contributed by atoms with E-state index in [9.17, 15) is 18.7 Å². The summed E-state index contributed by atoms with van der Waals surface area (Å²) < 4.78 is 29.1. The van der Waals surface area contributed by atoms with E-state index in [4.69, 9.17) is 5.26 Å². The van der Waals surface area contributed by atoms with Crippen LogP contribution >= 0.6 is 0 Å². The molecule has 1 aromatic heterocycles. The predicted molar refractivity (Wildman–Crippen MR) is 98.4 cm³/mol. The molecule has 29 heavy (non-hydrogen) atoms. The molecule has 3 rings (SSSR count). The van der Waals surface area contributed by atoms with Gasteiger partial charge in [0.1, 0.15) is 29.9 Å². The molecule has 2 N–H and O–H groups in total. The van der Waals surface area contributed by atoms with E-state index in [1.807, 2.05) is 6.07 Å². The number of nitrogens with one attached hydrogen (secondary N) is 1. The number of halogens is 2. The van der Waals surface area contributed by atoms with Gasteiger partial charge in [0.15, 0.2) is 0 Å². The van der Waals surface area contributed by atoms with Gasteiger partial charge in [0, 0.05) is 17.2 Å². The van der Waals surface area contributed by atoms with Gasteiger partial charge in [-0.3, -0.25) is 4.79 Å². The summed E-state index contributed by atoms with van der Waals surface area (Å²) in [6, 6.07) is 9.70. The van der Waals surface area contributed by atoms with Crippen molar-refractivity contribution in [3.63, 3.8) is 0 Å². The molecule has 0 radical (unpaired) electrons. The number of nitrogens with zero attached hydrogens (tertiary/aromatic N) is 4. The van der Waals surface area contributed by atoms with Crippen LogP contribution in [-0.4, -0.2) is 31.8 Å². The van der Waals surface area contributed by atoms with Crippen molar-refractivity contribution in [1.29, 1.82) is 5.26 Å². The molecule has 148 valence electrons. The zero-order valence-corrected chi connectivity index (χ0v) is 15.4. The van der Waals surface area contributed by atoms with Crippen LogP contribution in [-0.2, 0) is 12.1 Å². The van der Waals surface area contributed by atoms with Gasteiger partial charge in [-0.25, -0.2) is 18.4 Å². The molecule has 9 heteroatoms. The van der Waals surface area contributed by atoms with Crippen LogP contribution < -0.4 is 5.32 Å². The Hall–Kier alpha value is -3.64. The fourth-order valence-electron chi connectivity index (χ4n) is 2.95. The Morgan fingerprint density at radius 1 is 1.31 bits per heavy atom. The van der Waals surface area contributed by atoms with Crippen LogP contribution in [0, 0.1) is 23.0 Å². The quantitative estimate of drug-likeness (QED) is 0.663. The normalized spacial score (nSPS) is 13.9. The molecule has 0 fully saturated rings. The van der Waals surface area contributed by atoms with Crippen LogP contribution in [0.1, 0.15) is 28.4 Å². The van der Waals surface area contributed by atoms with E-state index in [0.29, 0.717) is 11.6 Å². The largest absolute Gasteiger partial charge is 0.381 e. The highest BCUT2D eigenvalue weighted by Crippen LogP contribution is 2.30. The number of rotatable bonds is 6. The third-order valence-electron chi connectivity index (χ3n) is 4.61. The predicted octanol–water partition coefficient (Wildman–Crippen LogP) is 2.13. The zero-order valence-electron chi connectivity index (χ0n) is 15.4. The minimum absolute atomic E-state index is 0.193. The lowest BCUT2D eigenvalue weighted by atomic mass is 9.86. The average Bonchev–Trinajstić information content (AvgIpc) is 3.20. The molecule has 1 heterocycles. The van der Waals surface area contributed by atoms with Crippen molar-refractivity contribution >= 4 is 5.91 Å². The molecule has 0 spiro atoms. The summed E-state index contributed by atoms with van der Waals surface area (Å²) >= 11 is 0. The number of benzene rings is 2. The first-order valence-corrected chi connectivity index (χ1v) is 8.65. The number of amides is 1. The highest BCUT2D eigenvalue weighted by atomic mass is 19.1. The van der Waals surface area contributed by atoms with Gasteiger partial charge >= 0.3 is 0 Å². The summed E-state index contributed by atoms with van der Waals surface area (Å²) in [5.41, 5.74) is -1.49. The summed E-state index contributed by atoms with van der Waals surface area (Å²) in [5.74, 6) is -2.27. The monoisotopic (exact) mass is 397 g/mol. The Bertz CT molecular complexity index is 1050. The van der Waals surface area contributed by atoms with Gasteiger partial charge in [0.2, 0.25) is 0 Å². The number of hydrogen-bond acceptors (Lipinski definition) is 5. The van der Waals surface area contributed by atoms with E-state index in [-0.39, 0.29) is 17.7 Å². The molecule has 0 aliphatic heterocycles. The van der Waals surface area contributed by atoms with Crippen molar-refractivity contribution in [3.8, 4) is 6.07 Å². The molecule has 0 saturated heterocycles. The minimum Gasteiger partial charge on any atom is -0.381 e. The van der Waals surface area contributed by atoms with Gasteiger partial charge in [-0.15, -0.1) is 0 Å². The maximum Gasteiger partial charge on any atom is 0.251 e. The Morgan fingerprint density at radius 3 is 2.62 bits per heavy atom. The summed E-state index contributed by atoms with van der Waals surface area (Å²) in [5, 5.41) is 26.8. The second kappa shape index (κ2) is 8.16. The summed E-state index contributed by atoms with van der Waals surface area (Å²) in [7, 11) is 0. The second-order valence-electron chi connectivity index (χ2n) is 6.53. The lowest BCUT2D eigenvalue weighted by Crippen LogP contribution is -2.51.